The SMILES string of the molecule is CCOC(=O)Oc1ccc(C(=O)N2CCCN(C(=O)CCC(C)=O)CC2)cc1. The lowest BCUT2D eigenvalue weighted by Crippen LogP contribution is -2.37. The summed E-state index contributed by atoms with van der Waals surface area (Å²) in [6.07, 6.45) is 0.356. The van der Waals surface area contributed by atoms with Crippen molar-refractivity contribution in [3.63, 3.8) is 0 Å². The van der Waals surface area contributed by atoms with E-state index >= 15 is 0 Å². The molecule has 1 saturated heterocycles. The number of benzene rings is 1. The summed E-state index contributed by atoms with van der Waals surface area (Å²) in [5.74, 6) is 0.106. The zero-order chi connectivity index (χ0) is 20.5. The number of amides is 2. The summed E-state index contributed by atoms with van der Waals surface area (Å²) in [6.45, 7) is 5.39. The number of ether oxygens (including phenoxy) is 2. The van der Waals surface area contributed by atoms with E-state index in [4.69, 9.17) is 9.47 Å². The third kappa shape index (κ3) is 6.37. The average molecular weight is 390 g/mol. The summed E-state index contributed by atoms with van der Waals surface area (Å²) >= 11 is 0. The highest BCUT2D eigenvalue weighted by Gasteiger charge is 2.23. The van der Waals surface area contributed by atoms with E-state index < -0.39 is 6.16 Å². The van der Waals surface area contributed by atoms with Gasteiger partial charge in [-0.25, -0.2) is 4.79 Å². The Morgan fingerprint density at radius 3 is 2.21 bits per heavy atom. The minimum absolute atomic E-state index is 0.00430. The highest BCUT2D eigenvalue weighted by atomic mass is 16.7. The van der Waals surface area contributed by atoms with Gasteiger partial charge in [0.2, 0.25) is 5.91 Å². The average Bonchev–Trinajstić information content (AvgIpc) is 2.92. The van der Waals surface area contributed by atoms with Crippen molar-refractivity contribution in [1.82, 2.24) is 9.80 Å². The second kappa shape index (κ2) is 10.4. The fraction of sp³-hybridized carbons (Fsp3) is 0.500. The van der Waals surface area contributed by atoms with Crippen LogP contribution in [0.3, 0.4) is 0 Å². The first-order valence-electron chi connectivity index (χ1n) is 9.42. The number of carbonyl (C=O) groups excluding carboxylic acids is 4. The van der Waals surface area contributed by atoms with Crippen molar-refractivity contribution in [3.8, 4) is 5.75 Å². The van der Waals surface area contributed by atoms with Crippen molar-refractivity contribution >= 4 is 23.8 Å². The van der Waals surface area contributed by atoms with Gasteiger partial charge in [-0.2, -0.15) is 0 Å². The minimum Gasteiger partial charge on any atom is -0.434 e. The van der Waals surface area contributed by atoms with E-state index in [0.29, 0.717) is 43.9 Å². The van der Waals surface area contributed by atoms with E-state index in [1.807, 2.05) is 0 Å². The quantitative estimate of drug-likeness (QED) is 0.546. The summed E-state index contributed by atoms with van der Waals surface area (Å²) in [4.78, 5) is 50.7. The number of Topliss-reactive ketones (excluding diaryl/α,β-unsaturated/α-hetero) is 1. The molecule has 1 aliphatic heterocycles. The first-order valence-corrected chi connectivity index (χ1v) is 9.42. The van der Waals surface area contributed by atoms with Crippen LogP contribution in [-0.2, 0) is 14.3 Å². The summed E-state index contributed by atoms with van der Waals surface area (Å²) in [6, 6.07) is 6.27. The normalized spacial score (nSPS) is 14.2. The van der Waals surface area contributed by atoms with Gasteiger partial charge in [-0.1, -0.05) is 0 Å². The van der Waals surface area contributed by atoms with Crippen molar-refractivity contribution in [1.29, 1.82) is 0 Å². The molecule has 28 heavy (non-hydrogen) atoms. The molecule has 0 spiro atoms. The molecule has 2 amide bonds. The lowest BCUT2D eigenvalue weighted by Gasteiger charge is -2.22. The van der Waals surface area contributed by atoms with Gasteiger partial charge in [-0.05, 0) is 44.5 Å². The molecule has 152 valence electrons. The lowest BCUT2D eigenvalue weighted by molar-refractivity contribution is -0.132. The zero-order valence-electron chi connectivity index (χ0n) is 16.3. The van der Waals surface area contributed by atoms with Crippen LogP contribution >= 0.6 is 0 Å². The van der Waals surface area contributed by atoms with E-state index in [1.165, 1.54) is 6.92 Å². The van der Waals surface area contributed by atoms with Crippen LogP contribution in [0.2, 0.25) is 0 Å². The van der Waals surface area contributed by atoms with Crippen LogP contribution in [0, 0.1) is 0 Å². The summed E-state index contributed by atoms with van der Waals surface area (Å²) in [7, 11) is 0. The molecule has 0 unspecified atom stereocenters. The number of rotatable bonds is 6. The molecule has 1 fully saturated rings. The summed E-state index contributed by atoms with van der Waals surface area (Å²) in [5, 5.41) is 0. The third-order valence-corrected chi connectivity index (χ3v) is 4.39. The molecule has 8 heteroatoms. The maximum atomic E-state index is 12.7. The monoisotopic (exact) mass is 390 g/mol. The molecule has 2 rings (SSSR count). The van der Waals surface area contributed by atoms with Crippen molar-refractivity contribution in [2.75, 3.05) is 32.8 Å². The van der Waals surface area contributed by atoms with E-state index in [9.17, 15) is 19.2 Å². The molecule has 0 radical (unpaired) electrons. The Bertz CT molecular complexity index is 716. The molecule has 0 N–H and O–H groups in total. The summed E-state index contributed by atoms with van der Waals surface area (Å²) in [5.41, 5.74) is 0.479. The lowest BCUT2D eigenvalue weighted by atomic mass is 10.2. The Balaban J connectivity index is 1.91. The van der Waals surface area contributed by atoms with Crippen molar-refractivity contribution in [2.45, 2.75) is 33.1 Å². The van der Waals surface area contributed by atoms with Gasteiger partial charge in [-0.3, -0.25) is 9.59 Å². The number of ketones is 1. The maximum Gasteiger partial charge on any atom is 0.513 e. The van der Waals surface area contributed by atoms with Gasteiger partial charge < -0.3 is 24.1 Å². The molecule has 1 heterocycles. The largest absolute Gasteiger partial charge is 0.513 e. The Morgan fingerprint density at radius 2 is 1.57 bits per heavy atom. The highest BCUT2D eigenvalue weighted by Crippen LogP contribution is 2.16. The third-order valence-electron chi connectivity index (χ3n) is 4.39. The molecule has 0 aromatic heterocycles. The first kappa shape index (κ1) is 21.4. The van der Waals surface area contributed by atoms with Crippen LogP contribution in [0.5, 0.6) is 5.75 Å². The Kier molecular flexibility index (Phi) is 7.98. The van der Waals surface area contributed by atoms with Crippen molar-refractivity contribution in [3.05, 3.63) is 29.8 Å². The molecule has 0 aliphatic carbocycles. The fourth-order valence-corrected chi connectivity index (χ4v) is 2.90. The Morgan fingerprint density at radius 1 is 0.929 bits per heavy atom. The number of carbonyl (C=O) groups is 4. The fourth-order valence-electron chi connectivity index (χ4n) is 2.90. The predicted octanol–water partition coefficient (Wildman–Crippen LogP) is 2.27. The number of hydrogen-bond donors (Lipinski definition) is 0. The molecular weight excluding hydrogens is 364 g/mol. The smallest absolute Gasteiger partial charge is 0.434 e. The Hall–Kier alpha value is -2.90. The van der Waals surface area contributed by atoms with E-state index in [2.05, 4.69) is 0 Å². The molecular formula is C20H26N2O6. The van der Waals surface area contributed by atoms with E-state index in [1.54, 1.807) is 41.0 Å². The first-order chi connectivity index (χ1) is 13.4. The van der Waals surface area contributed by atoms with Crippen LogP contribution in [-0.4, -0.2) is 66.3 Å². The molecule has 1 aliphatic rings. The van der Waals surface area contributed by atoms with E-state index in [-0.39, 0.29) is 37.0 Å². The molecule has 1 aromatic rings. The van der Waals surface area contributed by atoms with Gasteiger partial charge in [0.25, 0.3) is 5.91 Å². The van der Waals surface area contributed by atoms with Gasteiger partial charge in [0.1, 0.15) is 11.5 Å². The van der Waals surface area contributed by atoms with Crippen LogP contribution in [0.15, 0.2) is 24.3 Å². The molecule has 0 atom stereocenters. The molecule has 0 saturated carbocycles. The van der Waals surface area contributed by atoms with Gasteiger partial charge >= 0.3 is 6.16 Å². The molecule has 1 aromatic carbocycles. The van der Waals surface area contributed by atoms with Crippen molar-refractivity contribution < 1.29 is 28.7 Å². The zero-order valence-corrected chi connectivity index (χ0v) is 16.3. The van der Waals surface area contributed by atoms with Crippen LogP contribution < -0.4 is 4.74 Å². The molecule has 8 nitrogen and oxygen atoms in total. The standard InChI is InChI=1S/C20H26N2O6/c1-3-27-20(26)28-17-8-6-16(7-9-17)19(25)22-12-4-11-21(13-14-22)18(24)10-5-15(2)23/h6-9H,3-5,10-14H2,1-2H3. The van der Waals surface area contributed by atoms with E-state index in [0.717, 1.165) is 0 Å². The van der Waals surface area contributed by atoms with Crippen LogP contribution in [0.4, 0.5) is 4.79 Å². The minimum atomic E-state index is -0.788. The second-order valence-electron chi connectivity index (χ2n) is 6.54. The van der Waals surface area contributed by atoms with Gasteiger partial charge in [0, 0.05) is 44.6 Å². The van der Waals surface area contributed by atoms with Crippen LogP contribution in [0.25, 0.3) is 0 Å². The van der Waals surface area contributed by atoms with Crippen molar-refractivity contribution in [2.24, 2.45) is 0 Å². The van der Waals surface area contributed by atoms with Crippen LogP contribution in [0.1, 0.15) is 43.5 Å². The number of nitrogens with zero attached hydrogens (tertiary/aromatic N) is 2. The predicted molar refractivity (Wildman–Crippen MR) is 101 cm³/mol. The second-order valence-corrected chi connectivity index (χ2v) is 6.54. The maximum absolute atomic E-state index is 12.7. The number of hydrogen-bond acceptors (Lipinski definition) is 6. The van der Waals surface area contributed by atoms with Gasteiger partial charge in [0.15, 0.2) is 0 Å². The van der Waals surface area contributed by atoms with Gasteiger partial charge in [-0.15, -0.1) is 0 Å². The summed E-state index contributed by atoms with van der Waals surface area (Å²) < 4.78 is 9.69. The van der Waals surface area contributed by atoms with Gasteiger partial charge in [0.05, 0.1) is 6.61 Å². The topological polar surface area (TPSA) is 93.2 Å². The highest BCUT2D eigenvalue weighted by molar-refractivity contribution is 5.94. The Labute approximate surface area is 164 Å². The molecule has 0 bridgehead atoms.